The van der Waals surface area contributed by atoms with E-state index in [2.05, 4.69) is 10.3 Å². The van der Waals surface area contributed by atoms with Gasteiger partial charge in [-0.25, -0.2) is 0 Å². The van der Waals surface area contributed by atoms with E-state index in [9.17, 15) is 4.79 Å². The quantitative estimate of drug-likeness (QED) is 0.569. The van der Waals surface area contributed by atoms with Gasteiger partial charge in [0.05, 0.1) is 0 Å². The van der Waals surface area contributed by atoms with Gasteiger partial charge in [0.15, 0.2) is 5.78 Å². The lowest BCUT2D eigenvalue weighted by atomic mass is 10.0. The number of carbonyl (C=O) groups excluding carboxylic acids is 1. The van der Waals surface area contributed by atoms with Crippen LogP contribution >= 0.6 is 0 Å². The van der Waals surface area contributed by atoms with E-state index >= 15 is 0 Å². The number of nitrogens with zero attached hydrogens (tertiary/aromatic N) is 1. The van der Waals surface area contributed by atoms with Crippen LogP contribution in [0, 0.1) is 6.92 Å². The van der Waals surface area contributed by atoms with E-state index in [0.717, 1.165) is 24.1 Å². The van der Waals surface area contributed by atoms with Gasteiger partial charge in [-0.3, -0.25) is 9.78 Å². The van der Waals surface area contributed by atoms with E-state index in [1.165, 1.54) is 0 Å². The highest BCUT2D eigenvalue weighted by Crippen LogP contribution is 2.08. The third-order valence-electron chi connectivity index (χ3n) is 2.17. The Hall–Kier alpha value is -1.22. The standard InChI is InChI=1S/C11H16N2O/c1-9-5-7-13-8-10(9)11(14)4-3-6-12-2/h5,7-8,12H,3-4,6H2,1-2H3. The van der Waals surface area contributed by atoms with Gasteiger partial charge < -0.3 is 5.32 Å². The monoisotopic (exact) mass is 192 g/mol. The predicted molar refractivity (Wildman–Crippen MR) is 56.5 cm³/mol. The number of hydrogen-bond acceptors (Lipinski definition) is 3. The number of nitrogens with one attached hydrogen (secondary N) is 1. The highest BCUT2D eigenvalue weighted by molar-refractivity contribution is 5.97. The number of ketones is 1. The lowest BCUT2D eigenvalue weighted by molar-refractivity contribution is 0.0979. The molecule has 1 aromatic heterocycles. The number of carbonyl (C=O) groups is 1. The number of rotatable bonds is 5. The van der Waals surface area contributed by atoms with Crippen LogP contribution in [0.1, 0.15) is 28.8 Å². The van der Waals surface area contributed by atoms with Gasteiger partial charge in [0, 0.05) is 24.4 Å². The van der Waals surface area contributed by atoms with E-state index in [4.69, 9.17) is 0 Å². The highest BCUT2D eigenvalue weighted by Gasteiger charge is 2.07. The number of aryl methyl sites for hydroxylation is 1. The number of hydrogen-bond donors (Lipinski definition) is 1. The molecule has 3 heteroatoms. The Labute approximate surface area is 84.6 Å². The Kier molecular flexibility index (Phi) is 4.26. The maximum absolute atomic E-state index is 11.7. The van der Waals surface area contributed by atoms with Crippen molar-refractivity contribution in [3.8, 4) is 0 Å². The average molecular weight is 192 g/mol. The molecular weight excluding hydrogens is 176 g/mol. The molecular formula is C11H16N2O. The molecule has 0 aromatic carbocycles. The molecule has 0 radical (unpaired) electrons. The molecule has 0 amide bonds. The zero-order valence-corrected chi connectivity index (χ0v) is 8.71. The van der Waals surface area contributed by atoms with Crippen molar-refractivity contribution in [1.29, 1.82) is 0 Å². The van der Waals surface area contributed by atoms with Crippen LogP contribution in [0.5, 0.6) is 0 Å². The second-order valence-corrected chi connectivity index (χ2v) is 3.32. The van der Waals surface area contributed by atoms with Crippen LogP contribution in [0.2, 0.25) is 0 Å². The minimum absolute atomic E-state index is 0.186. The molecule has 0 aliphatic rings. The Balaban J connectivity index is 2.56. The molecule has 0 bridgehead atoms. The van der Waals surface area contributed by atoms with Gasteiger partial charge in [0.1, 0.15) is 0 Å². The third kappa shape index (κ3) is 2.92. The molecule has 14 heavy (non-hydrogen) atoms. The number of Topliss-reactive ketones (excluding diaryl/α,β-unsaturated/α-hetero) is 1. The molecule has 1 heterocycles. The molecule has 0 aliphatic heterocycles. The second-order valence-electron chi connectivity index (χ2n) is 3.32. The van der Waals surface area contributed by atoms with Gasteiger partial charge in [-0.15, -0.1) is 0 Å². The predicted octanol–water partition coefficient (Wildman–Crippen LogP) is 1.57. The number of pyridine rings is 1. The average Bonchev–Trinajstić information content (AvgIpc) is 2.18. The van der Waals surface area contributed by atoms with Crippen molar-refractivity contribution in [1.82, 2.24) is 10.3 Å². The Morgan fingerprint density at radius 1 is 1.57 bits per heavy atom. The molecule has 0 fully saturated rings. The fourth-order valence-corrected chi connectivity index (χ4v) is 1.32. The van der Waals surface area contributed by atoms with Crippen molar-refractivity contribution >= 4 is 5.78 Å². The normalized spacial score (nSPS) is 10.1. The van der Waals surface area contributed by atoms with Gasteiger partial charge in [-0.2, -0.15) is 0 Å². The summed E-state index contributed by atoms with van der Waals surface area (Å²) in [7, 11) is 1.89. The summed E-state index contributed by atoms with van der Waals surface area (Å²) in [5.41, 5.74) is 1.76. The summed E-state index contributed by atoms with van der Waals surface area (Å²) in [5, 5.41) is 3.02. The molecule has 0 atom stereocenters. The van der Waals surface area contributed by atoms with Crippen LogP contribution in [-0.2, 0) is 0 Å². The summed E-state index contributed by atoms with van der Waals surface area (Å²) in [6.45, 7) is 2.82. The summed E-state index contributed by atoms with van der Waals surface area (Å²) >= 11 is 0. The summed E-state index contributed by atoms with van der Waals surface area (Å²) in [5.74, 6) is 0.186. The lowest BCUT2D eigenvalue weighted by Gasteiger charge is -2.03. The van der Waals surface area contributed by atoms with E-state index < -0.39 is 0 Å². The molecule has 1 aromatic rings. The second kappa shape index (κ2) is 5.50. The fourth-order valence-electron chi connectivity index (χ4n) is 1.32. The molecule has 1 N–H and O–H groups in total. The smallest absolute Gasteiger partial charge is 0.164 e. The van der Waals surface area contributed by atoms with Gasteiger partial charge in [-0.1, -0.05) is 0 Å². The summed E-state index contributed by atoms with van der Waals surface area (Å²) in [4.78, 5) is 15.6. The van der Waals surface area contributed by atoms with E-state index in [1.807, 2.05) is 20.0 Å². The van der Waals surface area contributed by atoms with Gasteiger partial charge in [0.25, 0.3) is 0 Å². The van der Waals surface area contributed by atoms with Crippen LogP contribution in [-0.4, -0.2) is 24.4 Å². The molecule has 0 saturated heterocycles. The molecule has 0 aliphatic carbocycles. The van der Waals surface area contributed by atoms with Crippen LogP contribution in [0.15, 0.2) is 18.5 Å². The molecule has 0 unspecified atom stereocenters. The van der Waals surface area contributed by atoms with Crippen LogP contribution < -0.4 is 5.32 Å². The zero-order chi connectivity index (χ0) is 10.4. The van der Waals surface area contributed by atoms with Crippen molar-refractivity contribution in [2.45, 2.75) is 19.8 Å². The molecule has 1 rings (SSSR count). The van der Waals surface area contributed by atoms with Crippen LogP contribution in [0.4, 0.5) is 0 Å². The molecule has 76 valence electrons. The van der Waals surface area contributed by atoms with Crippen molar-refractivity contribution in [2.75, 3.05) is 13.6 Å². The van der Waals surface area contributed by atoms with Crippen molar-refractivity contribution in [3.63, 3.8) is 0 Å². The van der Waals surface area contributed by atoms with Crippen molar-refractivity contribution in [3.05, 3.63) is 29.6 Å². The first-order valence-corrected chi connectivity index (χ1v) is 4.84. The molecule has 0 saturated carbocycles. The lowest BCUT2D eigenvalue weighted by Crippen LogP contribution is -2.10. The maximum atomic E-state index is 11.7. The zero-order valence-electron chi connectivity index (χ0n) is 8.71. The minimum Gasteiger partial charge on any atom is -0.320 e. The molecule has 0 spiro atoms. The summed E-state index contributed by atoms with van der Waals surface area (Å²) in [6.07, 6.45) is 4.83. The Morgan fingerprint density at radius 2 is 2.36 bits per heavy atom. The SMILES string of the molecule is CNCCCC(=O)c1cnccc1C. The first-order chi connectivity index (χ1) is 6.75. The fraction of sp³-hybridized carbons (Fsp3) is 0.455. The van der Waals surface area contributed by atoms with E-state index in [1.54, 1.807) is 12.4 Å². The van der Waals surface area contributed by atoms with Crippen LogP contribution in [0.25, 0.3) is 0 Å². The minimum atomic E-state index is 0.186. The maximum Gasteiger partial charge on any atom is 0.164 e. The van der Waals surface area contributed by atoms with Crippen molar-refractivity contribution < 1.29 is 4.79 Å². The van der Waals surface area contributed by atoms with E-state index in [0.29, 0.717) is 6.42 Å². The Bertz CT molecular complexity index is 310. The molecule has 3 nitrogen and oxygen atoms in total. The van der Waals surface area contributed by atoms with Crippen LogP contribution in [0.3, 0.4) is 0 Å². The first kappa shape index (κ1) is 10.9. The van der Waals surface area contributed by atoms with Crippen molar-refractivity contribution in [2.24, 2.45) is 0 Å². The highest BCUT2D eigenvalue weighted by atomic mass is 16.1. The van der Waals surface area contributed by atoms with E-state index in [-0.39, 0.29) is 5.78 Å². The third-order valence-corrected chi connectivity index (χ3v) is 2.17. The first-order valence-electron chi connectivity index (χ1n) is 4.84. The van der Waals surface area contributed by atoms with Gasteiger partial charge in [0.2, 0.25) is 0 Å². The Morgan fingerprint density at radius 3 is 3.00 bits per heavy atom. The van der Waals surface area contributed by atoms with Gasteiger partial charge in [-0.05, 0) is 38.6 Å². The van der Waals surface area contributed by atoms with Gasteiger partial charge >= 0.3 is 0 Å². The topological polar surface area (TPSA) is 42.0 Å². The number of aromatic nitrogens is 1. The largest absolute Gasteiger partial charge is 0.320 e. The summed E-state index contributed by atoms with van der Waals surface area (Å²) in [6, 6.07) is 1.87. The summed E-state index contributed by atoms with van der Waals surface area (Å²) < 4.78 is 0.